The highest BCUT2D eigenvalue weighted by molar-refractivity contribution is 7.20. The number of morpholine rings is 1. The Balaban J connectivity index is 2.07. The van der Waals surface area contributed by atoms with Gasteiger partial charge in [0.05, 0.1) is 22.5 Å². The number of nitrogens with zero attached hydrogens (tertiary/aromatic N) is 3. The van der Waals surface area contributed by atoms with Crippen LogP contribution in [0.3, 0.4) is 0 Å². The van der Waals surface area contributed by atoms with Gasteiger partial charge in [0, 0.05) is 20.1 Å². The van der Waals surface area contributed by atoms with Gasteiger partial charge in [-0.25, -0.2) is 4.98 Å². The number of thiophene rings is 1. The third-order valence-corrected chi connectivity index (χ3v) is 5.47. The highest BCUT2D eigenvalue weighted by Crippen LogP contribution is 2.29. The molecule has 2 aromatic rings. The second-order valence-corrected chi connectivity index (χ2v) is 7.23. The molecule has 3 rings (SSSR count). The molecule has 1 aliphatic heterocycles. The summed E-state index contributed by atoms with van der Waals surface area (Å²) in [6, 6.07) is 0. The van der Waals surface area contributed by atoms with Crippen LogP contribution in [0, 0.1) is 13.8 Å². The Hall–Kier alpha value is -1.73. The van der Waals surface area contributed by atoms with Crippen molar-refractivity contribution in [3.05, 3.63) is 26.6 Å². The number of fused-ring (bicyclic) bond motifs is 1. The zero-order valence-electron chi connectivity index (χ0n) is 14.0. The van der Waals surface area contributed by atoms with Crippen LogP contribution in [-0.2, 0) is 11.8 Å². The lowest BCUT2D eigenvalue weighted by molar-refractivity contribution is -0.0585. The maximum Gasteiger partial charge on any atom is 0.264 e. The summed E-state index contributed by atoms with van der Waals surface area (Å²) in [7, 11) is 1.70. The standard InChI is InChI=1S/C16H21N3O3S/c1-8-6-19(7-9(2)22-8)16(21)13-10(3)12-14(23-13)17-11(4)18(5)15(12)20/h8-9H,6-7H2,1-5H3/t8-,9-/m1/s1. The van der Waals surface area contributed by atoms with Crippen molar-refractivity contribution in [1.29, 1.82) is 0 Å². The number of hydrogen-bond donors (Lipinski definition) is 0. The first-order valence-electron chi connectivity index (χ1n) is 7.71. The van der Waals surface area contributed by atoms with Crippen molar-refractivity contribution in [3.63, 3.8) is 0 Å². The quantitative estimate of drug-likeness (QED) is 0.798. The summed E-state index contributed by atoms with van der Waals surface area (Å²) in [6.07, 6.45) is 0.0382. The molecule has 0 aliphatic carbocycles. The zero-order chi connectivity index (χ0) is 16.9. The molecule has 0 bridgehead atoms. The molecule has 124 valence electrons. The average Bonchev–Trinajstić information content (AvgIpc) is 2.80. The molecule has 7 heteroatoms. The predicted octanol–water partition coefficient (Wildman–Crippen LogP) is 1.86. The van der Waals surface area contributed by atoms with Crippen LogP contribution in [0.4, 0.5) is 0 Å². The highest BCUT2D eigenvalue weighted by Gasteiger charge is 2.29. The van der Waals surface area contributed by atoms with Crippen molar-refractivity contribution in [3.8, 4) is 0 Å². The third kappa shape index (κ3) is 2.68. The SMILES string of the molecule is Cc1c(C(=O)N2C[C@@H](C)O[C@H](C)C2)sc2nc(C)n(C)c(=O)c12. The molecule has 2 aromatic heterocycles. The van der Waals surface area contributed by atoms with Gasteiger partial charge < -0.3 is 9.64 Å². The monoisotopic (exact) mass is 335 g/mol. The molecule has 1 fully saturated rings. The Morgan fingerprint density at radius 3 is 2.48 bits per heavy atom. The van der Waals surface area contributed by atoms with Crippen molar-refractivity contribution in [1.82, 2.24) is 14.5 Å². The van der Waals surface area contributed by atoms with Gasteiger partial charge in [-0.3, -0.25) is 14.2 Å². The molecule has 0 saturated carbocycles. The van der Waals surface area contributed by atoms with Gasteiger partial charge in [-0.1, -0.05) is 0 Å². The van der Waals surface area contributed by atoms with Crippen LogP contribution in [0.25, 0.3) is 10.2 Å². The number of hydrogen-bond acceptors (Lipinski definition) is 5. The normalized spacial score (nSPS) is 21.9. The number of ether oxygens (including phenoxy) is 1. The zero-order valence-corrected chi connectivity index (χ0v) is 14.9. The van der Waals surface area contributed by atoms with E-state index in [2.05, 4.69) is 4.98 Å². The van der Waals surface area contributed by atoms with Crippen LogP contribution in [0.2, 0.25) is 0 Å². The molecular formula is C16H21N3O3S. The van der Waals surface area contributed by atoms with Gasteiger partial charge in [-0.2, -0.15) is 0 Å². The lowest BCUT2D eigenvalue weighted by atomic mass is 10.1. The Morgan fingerprint density at radius 2 is 1.87 bits per heavy atom. The fourth-order valence-electron chi connectivity index (χ4n) is 3.06. The third-order valence-electron chi connectivity index (χ3n) is 4.30. The number of aryl methyl sites for hydroxylation is 2. The van der Waals surface area contributed by atoms with Gasteiger partial charge in [0.25, 0.3) is 11.5 Å². The van der Waals surface area contributed by atoms with Crippen molar-refractivity contribution in [2.45, 2.75) is 39.9 Å². The molecule has 2 atom stereocenters. The van der Waals surface area contributed by atoms with Crippen LogP contribution in [0.15, 0.2) is 4.79 Å². The molecule has 3 heterocycles. The number of aromatic nitrogens is 2. The van der Waals surface area contributed by atoms with Gasteiger partial charge in [0.1, 0.15) is 10.7 Å². The molecule has 1 aliphatic rings. The van der Waals surface area contributed by atoms with Gasteiger partial charge in [-0.05, 0) is 33.3 Å². The first-order valence-corrected chi connectivity index (χ1v) is 8.52. The lowest BCUT2D eigenvalue weighted by Crippen LogP contribution is -2.48. The fraction of sp³-hybridized carbons (Fsp3) is 0.562. The van der Waals surface area contributed by atoms with Crippen molar-refractivity contribution < 1.29 is 9.53 Å². The maximum atomic E-state index is 12.9. The first-order chi connectivity index (χ1) is 10.8. The molecule has 1 amide bonds. The van der Waals surface area contributed by atoms with E-state index >= 15 is 0 Å². The van der Waals surface area contributed by atoms with Crippen LogP contribution in [0.5, 0.6) is 0 Å². The summed E-state index contributed by atoms with van der Waals surface area (Å²) in [4.78, 5) is 32.9. The van der Waals surface area contributed by atoms with Crippen LogP contribution in [0.1, 0.15) is 34.9 Å². The molecular weight excluding hydrogens is 314 g/mol. The molecule has 0 radical (unpaired) electrons. The molecule has 0 N–H and O–H groups in total. The van der Waals surface area contributed by atoms with E-state index < -0.39 is 0 Å². The topological polar surface area (TPSA) is 64.4 Å². The van der Waals surface area contributed by atoms with Crippen LogP contribution in [-0.4, -0.2) is 45.7 Å². The van der Waals surface area contributed by atoms with Gasteiger partial charge >= 0.3 is 0 Å². The molecule has 0 aromatic carbocycles. The predicted molar refractivity (Wildman–Crippen MR) is 90.2 cm³/mol. The van der Waals surface area contributed by atoms with Gasteiger partial charge in [-0.15, -0.1) is 11.3 Å². The van der Waals surface area contributed by atoms with Gasteiger partial charge in [0.15, 0.2) is 0 Å². The van der Waals surface area contributed by atoms with E-state index in [0.717, 1.165) is 5.56 Å². The second kappa shape index (κ2) is 5.72. The van der Waals surface area contributed by atoms with Crippen LogP contribution >= 0.6 is 11.3 Å². The number of rotatable bonds is 1. The number of carbonyl (C=O) groups is 1. The minimum absolute atomic E-state index is 0.0191. The van der Waals surface area contributed by atoms with E-state index in [1.54, 1.807) is 14.0 Å². The smallest absolute Gasteiger partial charge is 0.264 e. The van der Waals surface area contributed by atoms with E-state index in [4.69, 9.17) is 4.74 Å². The molecule has 6 nitrogen and oxygen atoms in total. The minimum Gasteiger partial charge on any atom is -0.372 e. The summed E-state index contributed by atoms with van der Waals surface area (Å²) in [5, 5.41) is 0.556. The van der Waals surface area contributed by atoms with Crippen LogP contribution < -0.4 is 5.56 Å². The van der Waals surface area contributed by atoms with E-state index in [-0.39, 0.29) is 23.7 Å². The molecule has 0 unspecified atom stereocenters. The second-order valence-electron chi connectivity index (χ2n) is 6.23. The summed E-state index contributed by atoms with van der Waals surface area (Å²) in [5.41, 5.74) is 0.638. The molecule has 1 saturated heterocycles. The number of amides is 1. The van der Waals surface area contributed by atoms with Crippen molar-refractivity contribution in [2.75, 3.05) is 13.1 Å². The Kier molecular flexibility index (Phi) is 4.01. The summed E-state index contributed by atoms with van der Waals surface area (Å²) < 4.78 is 7.21. The highest BCUT2D eigenvalue weighted by atomic mass is 32.1. The molecule has 0 spiro atoms. The lowest BCUT2D eigenvalue weighted by Gasteiger charge is -2.35. The Bertz CT molecular complexity index is 829. The maximum absolute atomic E-state index is 12.9. The van der Waals surface area contributed by atoms with E-state index in [9.17, 15) is 9.59 Å². The van der Waals surface area contributed by atoms with E-state index in [0.29, 0.717) is 34.0 Å². The number of carbonyl (C=O) groups excluding carboxylic acids is 1. The summed E-state index contributed by atoms with van der Waals surface area (Å²) in [6.45, 7) is 8.70. The largest absolute Gasteiger partial charge is 0.372 e. The van der Waals surface area contributed by atoms with Gasteiger partial charge in [0.2, 0.25) is 0 Å². The van der Waals surface area contributed by atoms with E-state index in [1.807, 2.05) is 25.7 Å². The minimum atomic E-state index is -0.0935. The molecule has 23 heavy (non-hydrogen) atoms. The van der Waals surface area contributed by atoms with Crippen molar-refractivity contribution in [2.24, 2.45) is 7.05 Å². The Morgan fingerprint density at radius 1 is 1.26 bits per heavy atom. The average molecular weight is 335 g/mol. The Labute approximate surface area is 138 Å². The summed E-state index contributed by atoms with van der Waals surface area (Å²) in [5.74, 6) is 0.614. The first kappa shape index (κ1) is 16.1. The van der Waals surface area contributed by atoms with E-state index in [1.165, 1.54) is 15.9 Å². The fourth-order valence-corrected chi connectivity index (χ4v) is 4.24. The summed E-state index contributed by atoms with van der Waals surface area (Å²) >= 11 is 1.31. The van der Waals surface area contributed by atoms with Crippen molar-refractivity contribution >= 4 is 27.5 Å².